The lowest BCUT2D eigenvalue weighted by molar-refractivity contribution is 0.0693. The second-order valence-corrected chi connectivity index (χ2v) is 7.87. The standard InChI is InChI=1S/C23H18F2N2O2S/c1-26-17-6-7-18-20(11-17)27(12-14-8-15(24)10-16(25)9-14)13-22(18)30-21-5-3-2-4-19(21)23(28)29/h2-11,13,26H,12H2,1H3,(H,28,29). The fourth-order valence-corrected chi connectivity index (χ4v) is 4.49. The van der Waals surface area contributed by atoms with Crippen molar-refractivity contribution in [3.05, 3.63) is 89.6 Å². The first-order valence-corrected chi connectivity index (χ1v) is 10.0. The van der Waals surface area contributed by atoms with Gasteiger partial charge in [-0.2, -0.15) is 0 Å². The van der Waals surface area contributed by atoms with Gasteiger partial charge in [0, 0.05) is 46.7 Å². The van der Waals surface area contributed by atoms with Crippen molar-refractivity contribution in [1.29, 1.82) is 0 Å². The first kappa shape index (κ1) is 20.0. The molecule has 3 aromatic carbocycles. The van der Waals surface area contributed by atoms with E-state index in [9.17, 15) is 18.7 Å². The number of fused-ring (bicyclic) bond motifs is 1. The number of anilines is 1. The Morgan fingerprint density at radius 3 is 2.47 bits per heavy atom. The molecule has 152 valence electrons. The molecular formula is C23H18F2N2O2S. The number of carbonyl (C=O) groups is 1. The molecule has 1 aromatic heterocycles. The number of nitrogens with zero attached hydrogens (tertiary/aromatic N) is 1. The molecule has 4 rings (SSSR count). The van der Waals surface area contributed by atoms with E-state index in [1.54, 1.807) is 24.3 Å². The SMILES string of the molecule is CNc1ccc2c(Sc3ccccc3C(=O)O)cn(Cc3cc(F)cc(F)c3)c2c1. The van der Waals surface area contributed by atoms with E-state index in [1.165, 1.54) is 23.9 Å². The molecule has 1 heterocycles. The number of hydrogen-bond donors (Lipinski definition) is 2. The van der Waals surface area contributed by atoms with Gasteiger partial charge in [-0.1, -0.05) is 23.9 Å². The van der Waals surface area contributed by atoms with Crippen molar-refractivity contribution in [2.24, 2.45) is 0 Å². The average Bonchev–Trinajstić information content (AvgIpc) is 3.04. The Hall–Kier alpha value is -3.32. The third-order valence-electron chi connectivity index (χ3n) is 4.75. The summed E-state index contributed by atoms with van der Waals surface area (Å²) in [5.74, 6) is -2.24. The number of carboxylic acid groups (broad SMARTS) is 1. The van der Waals surface area contributed by atoms with Gasteiger partial charge in [0.1, 0.15) is 11.6 Å². The molecule has 4 aromatic rings. The Kier molecular flexibility index (Phi) is 5.46. The van der Waals surface area contributed by atoms with Crippen LogP contribution in [0, 0.1) is 11.6 Å². The Morgan fingerprint density at radius 1 is 1.03 bits per heavy atom. The molecule has 0 spiro atoms. The molecule has 0 aliphatic carbocycles. The number of aromatic carboxylic acids is 1. The van der Waals surface area contributed by atoms with Gasteiger partial charge in [-0.3, -0.25) is 0 Å². The van der Waals surface area contributed by atoms with Gasteiger partial charge in [-0.05, 0) is 48.0 Å². The summed E-state index contributed by atoms with van der Waals surface area (Å²) in [7, 11) is 1.81. The van der Waals surface area contributed by atoms with E-state index in [4.69, 9.17) is 0 Å². The Morgan fingerprint density at radius 2 is 1.77 bits per heavy atom. The predicted molar refractivity (Wildman–Crippen MR) is 114 cm³/mol. The Labute approximate surface area is 176 Å². The lowest BCUT2D eigenvalue weighted by atomic mass is 10.2. The average molecular weight is 424 g/mol. The number of halogens is 2. The summed E-state index contributed by atoms with van der Waals surface area (Å²) >= 11 is 1.35. The van der Waals surface area contributed by atoms with Crippen LogP contribution in [-0.4, -0.2) is 22.7 Å². The second kappa shape index (κ2) is 8.20. The maximum Gasteiger partial charge on any atom is 0.336 e. The lowest BCUT2D eigenvalue weighted by Gasteiger charge is -2.07. The number of rotatable bonds is 6. The van der Waals surface area contributed by atoms with Crippen LogP contribution >= 0.6 is 11.8 Å². The van der Waals surface area contributed by atoms with Gasteiger partial charge in [0.05, 0.1) is 11.1 Å². The summed E-state index contributed by atoms with van der Waals surface area (Å²) < 4.78 is 29.2. The minimum Gasteiger partial charge on any atom is -0.478 e. The molecule has 0 radical (unpaired) electrons. The van der Waals surface area contributed by atoms with Crippen LogP contribution in [0.4, 0.5) is 14.5 Å². The Bertz CT molecular complexity index is 1230. The number of aromatic nitrogens is 1. The molecule has 30 heavy (non-hydrogen) atoms. The molecule has 0 unspecified atom stereocenters. The molecule has 7 heteroatoms. The van der Waals surface area contributed by atoms with E-state index >= 15 is 0 Å². The van der Waals surface area contributed by atoms with Crippen LogP contribution in [0.2, 0.25) is 0 Å². The van der Waals surface area contributed by atoms with Crippen LogP contribution < -0.4 is 5.32 Å². The van der Waals surface area contributed by atoms with Crippen LogP contribution in [0.3, 0.4) is 0 Å². The van der Waals surface area contributed by atoms with Gasteiger partial charge in [0.25, 0.3) is 0 Å². The third kappa shape index (κ3) is 4.02. The second-order valence-electron chi connectivity index (χ2n) is 6.78. The normalized spacial score (nSPS) is 11.0. The van der Waals surface area contributed by atoms with Crippen molar-refractivity contribution < 1.29 is 18.7 Å². The summed E-state index contributed by atoms with van der Waals surface area (Å²) in [5, 5.41) is 13.5. The minimum atomic E-state index is -0.991. The molecule has 4 nitrogen and oxygen atoms in total. The Balaban J connectivity index is 1.80. The van der Waals surface area contributed by atoms with Crippen molar-refractivity contribution >= 4 is 34.3 Å². The molecule has 0 aliphatic rings. The van der Waals surface area contributed by atoms with Gasteiger partial charge in [0.2, 0.25) is 0 Å². The molecule has 0 amide bonds. The molecule has 0 atom stereocenters. The first-order chi connectivity index (χ1) is 14.4. The van der Waals surface area contributed by atoms with Crippen LogP contribution in [-0.2, 0) is 6.54 Å². The summed E-state index contributed by atoms with van der Waals surface area (Å²) in [6.07, 6.45) is 1.89. The molecule has 0 bridgehead atoms. The van der Waals surface area contributed by atoms with Gasteiger partial charge in [0.15, 0.2) is 0 Å². The lowest BCUT2D eigenvalue weighted by Crippen LogP contribution is -2.00. The van der Waals surface area contributed by atoms with Crippen LogP contribution in [0.1, 0.15) is 15.9 Å². The van der Waals surface area contributed by atoms with E-state index in [0.717, 1.165) is 27.6 Å². The van der Waals surface area contributed by atoms with E-state index in [1.807, 2.05) is 36.0 Å². The van der Waals surface area contributed by atoms with Crippen molar-refractivity contribution in [2.75, 3.05) is 12.4 Å². The van der Waals surface area contributed by atoms with Crippen molar-refractivity contribution in [3.8, 4) is 0 Å². The topological polar surface area (TPSA) is 54.3 Å². The number of carboxylic acids is 1. The minimum absolute atomic E-state index is 0.224. The molecule has 0 saturated heterocycles. The van der Waals surface area contributed by atoms with Crippen molar-refractivity contribution in [2.45, 2.75) is 16.3 Å². The molecule has 0 aliphatic heterocycles. The van der Waals surface area contributed by atoms with E-state index < -0.39 is 17.6 Å². The fraction of sp³-hybridized carbons (Fsp3) is 0.0870. The van der Waals surface area contributed by atoms with Gasteiger partial charge in [-0.25, -0.2) is 13.6 Å². The molecule has 0 saturated carbocycles. The number of benzene rings is 3. The molecule has 0 fully saturated rings. The number of hydrogen-bond acceptors (Lipinski definition) is 3. The summed E-state index contributed by atoms with van der Waals surface area (Å²) in [6.45, 7) is 0.277. The predicted octanol–water partition coefficient (Wildman–Crippen LogP) is 5.86. The van der Waals surface area contributed by atoms with Crippen LogP contribution in [0.5, 0.6) is 0 Å². The monoisotopic (exact) mass is 424 g/mol. The van der Waals surface area contributed by atoms with Crippen LogP contribution in [0.25, 0.3) is 10.9 Å². The zero-order valence-corrected chi connectivity index (χ0v) is 16.8. The summed E-state index contributed by atoms with van der Waals surface area (Å²) in [5.41, 5.74) is 2.50. The van der Waals surface area contributed by atoms with Crippen molar-refractivity contribution in [3.63, 3.8) is 0 Å². The molecular weight excluding hydrogens is 406 g/mol. The van der Waals surface area contributed by atoms with Gasteiger partial charge < -0.3 is 15.0 Å². The van der Waals surface area contributed by atoms with Gasteiger partial charge >= 0.3 is 5.97 Å². The van der Waals surface area contributed by atoms with Gasteiger partial charge in [-0.15, -0.1) is 0 Å². The first-order valence-electron chi connectivity index (χ1n) is 9.20. The van der Waals surface area contributed by atoms with E-state index in [0.29, 0.717) is 10.5 Å². The maximum absolute atomic E-state index is 13.7. The quantitative estimate of drug-likeness (QED) is 0.407. The largest absolute Gasteiger partial charge is 0.478 e. The van der Waals surface area contributed by atoms with Crippen LogP contribution in [0.15, 0.2) is 76.7 Å². The summed E-state index contributed by atoms with van der Waals surface area (Å²) in [6, 6.07) is 16.1. The number of nitrogens with one attached hydrogen (secondary N) is 1. The molecule has 2 N–H and O–H groups in total. The highest BCUT2D eigenvalue weighted by molar-refractivity contribution is 7.99. The third-order valence-corrected chi connectivity index (χ3v) is 5.87. The van der Waals surface area contributed by atoms with Crippen molar-refractivity contribution in [1.82, 2.24) is 4.57 Å². The highest BCUT2D eigenvalue weighted by Crippen LogP contribution is 2.38. The summed E-state index contributed by atoms with van der Waals surface area (Å²) in [4.78, 5) is 13.1. The smallest absolute Gasteiger partial charge is 0.336 e. The van der Waals surface area contributed by atoms with E-state index in [2.05, 4.69) is 5.32 Å². The maximum atomic E-state index is 13.7. The highest BCUT2D eigenvalue weighted by atomic mass is 32.2. The zero-order chi connectivity index (χ0) is 21.3. The zero-order valence-electron chi connectivity index (χ0n) is 16.0. The van der Waals surface area contributed by atoms with E-state index in [-0.39, 0.29) is 12.1 Å². The fourth-order valence-electron chi connectivity index (χ4n) is 3.38. The highest BCUT2D eigenvalue weighted by Gasteiger charge is 2.15.